The summed E-state index contributed by atoms with van der Waals surface area (Å²) in [7, 11) is 1.58. The molecule has 0 aromatic heterocycles. The number of nitrogens with two attached hydrogens (primary N) is 1. The lowest BCUT2D eigenvalue weighted by atomic mass is 10.2. The maximum Gasteiger partial charge on any atom is 0.272 e. The summed E-state index contributed by atoms with van der Waals surface area (Å²) in [6, 6.07) is 13.5. The standard InChI is InChI=1S/C14H13ClN2O2.ClH/c1-19-13-8-6-12(7-9-13)17(16)14(18)10-2-4-11(15)5-3-10;/h2-9H,16H2,1H3;1H. The van der Waals surface area contributed by atoms with Crippen LogP contribution >= 0.6 is 24.0 Å². The molecule has 0 aliphatic rings. The zero-order chi connectivity index (χ0) is 13.8. The van der Waals surface area contributed by atoms with E-state index in [1.54, 1.807) is 55.6 Å². The van der Waals surface area contributed by atoms with Crippen molar-refractivity contribution in [2.45, 2.75) is 0 Å². The monoisotopic (exact) mass is 312 g/mol. The van der Waals surface area contributed by atoms with Gasteiger partial charge in [-0.05, 0) is 48.5 Å². The molecule has 0 fully saturated rings. The third-order valence-corrected chi connectivity index (χ3v) is 2.91. The number of nitrogens with zero attached hydrogens (tertiary/aromatic N) is 1. The van der Waals surface area contributed by atoms with Crippen LogP contribution in [0.15, 0.2) is 48.5 Å². The fourth-order valence-electron chi connectivity index (χ4n) is 1.59. The number of hydrazine groups is 1. The van der Waals surface area contributed by atoms with Crippen LogP contribution in [0.2, 0.25) is 5.02 Å². The molecule has 0 unspecified atom stereocenters. The van der Waals surface area contributed by atoms with Gasteiger partial charge in [-0.25, -0.2) is 10.9 Å². The smallest absolute Gasteiger partial charge is 0.272 e. The van der Waals surface area contributed by atoms with Crippen LogP contribution in [0, 0.1) is 0 Å². The van der Waals surface area contributed by atoms with Crippen LogP contribution < -0.4 is 15.6 Å². The summed E-state index contributed by atoms with van der Waals surface area (Å²) in [4.78, 5) is 12.1. The van der Waals surface area contributed by atoms with Gasteiger partial charge in [0.25, 0.3) is 5.91 Å². The van der Waals surface area contributed by atoms with Crippen LogP contribution in [-0.4, -0.2) is 13.0 Å². The fourth-order valence-corrected chi connectivity index (χ4v) is 1.72. The number of rotatable bonds is 3. The first-order valence-corrected chi connectivity index (χ1v) is 5.98. The van der Waals surface area contributed by atoms with Gasteiger partial charge in [-0.3, -0.25) is 4.79 Å². The van der Waals surface area contributed by atoms with E-state index in [0.29, 0.717) is 22.0 Å². The van der Waals surface area contributed by atoms with Crippen LogP contribution in [0.3, 0.4) is 0 Å². The molecule has 4 nitrogen and oxygen atoms in total. The van der Waals surface area contributed by atoms with Gasteiger partial charge in [0.2, 0.25) is 0 Å². The molecule has 0 atom stereocenters. The predicted octanol–water partition coefficient (Wildman–Crippen LogP) is 3.29. The normalized spacial score (nSPS) is 9.55. The molecule has 0 saturated heterocycles. The molecular weight excluding hydrogens is 299 g/mol. The van der Waals surface area contributed by atoms with Crippen molar-refractivity contribution in [2.75, 3.05) is 12.1 Å². The first kappa shape index (κ1) is 16.3. The quantitative estimate of drug-likeness (QED) is 0.537. The second kappa shape index (κ2) is 7.14. The molecule has 2 aromatic rings. The predicted molar refractivity (Wildman–Crippen MR) is 82.7 cm³/mol. The van der Waals surface area contributed by atoms with E-state index in [9.17, 15) is 4.79 Å². The highest BCUT2D eigenvalue weighted by molar-refractivity contribution is 6.30. The van der Waals surface area contributed by atoms with Crippen LogP contribution in [0.25, 0.3) is 0 Å². The lowest BCUT2D eigenvalue weighted by Gasteiger charge is -2.17. The van der Waals surface area contributed by atoms with Crippen molar-refractivity contribution >= 4 is 35.6 Å². The maximum atomic E-state index is 12.1. The highest BCUT2D eigenvalue weighted by Crippen LogP contribution is 2.19. The molecule has 2 N–H and O–H groups in total. The molecule has 0 saturated carbocycles. The molecule has 0 spiro atoms. The second-order valence-corrected chi connectivity index (χ2v) is 4.32. The van der Waals surface area contributed by atoms with Crippen molar-refractivity contribution in [3.05, 3.63) is 59.1 Å². The third-order valence-electron chi connectivity index (χ3n) is 2.66. The zero-order valence-electron chi connectivity index (χ0n) is 10.7. The van der Waals surface area contributed by atoms with E-state index in [4.69, 9.17) is 22.2 Å². The lowest BCUT2D eigenvalue weighted by Crippen LogP contribution is -2.37. The Morgan fingerprint density at radius 2 is 1.65 bits per heavy atom. The summed E-state index contributed by atoms with van der Waals surface area (Å²) >= 11 is 5.78. The Morgan fingerprint density at radius 1 is 1.10 bits per heavy atom. The number of methoxy groups -OCH3 is 1. The highest BCUT2D eigenvalue weighted by atomic mass is 35.5. The molecule has 1 amide bonds. The summed E-state index contributed by atoms with van der Waals surface area (Å²) in [5.41, 5.74) is 1.06. The number of carbonyl (C=O) groups excluding carboxylic acids is 1. The van der Waals surface area contributed by atoms with Gasteiger partial charge in [0, 0.05) is 10.6 Å². The molecule has 0 bridgehead atoms. The first-order chi connectivity index (χ1) is 9.11. The van der Waals surface area contributed by atoms with Crippen LogP contribution in [-0.2, 0) is 0 Å². The van der Waals surface area contributed by atoms with E-state index < -0.39 is 0 Å². The van der Waals surface area contributed by atoms with Crippen LogP contribution in [0.5, 0.6) is 5.75 Å². The minimum Gasteiger partial charge on any atom is -0.497 e. The Morgan fingerprint density at radius 3 is 2.15 bits per heavy atom. The summed E-state index contributed by atoms with van der Waals surface area (Å²) in [6.45, 7) is 0. The van der Waals surface area contributed by atoms with Crippen molar-refractivity contribution in [3.63, 3.8) is 0 Å². The first-order valence-electron chi connectivity index (χ1n) is 5.60. The number of anilines is 1. The van der Waals surface area contributed by atoms with E-state index in [1.807, 2.05) is 0 Å². The molecule has 106 valence electrons. The van der Waals surface area contributed by atoms with E-state index in [1.165, 1.54) is 0 Å². The number of amides is 1. The molecule has 0 aliphatic heterocycles. The number of carbonyl (C=O) groups is 1. The number of halogens is 2. The van der Waals surface area contributed by atoms with E-state index in [-0.39, 0.29) is 18.3 Å². The van der Waals surface area contributed by atoms with E-state index in [0.717, 1.165) is 5.01 Å². The van der Waals surface area contributed by atoms with Crippen LogP contribution in [0.1, 0.15) is 10.4 Å². The summed E-state index contributed by atoms with van der Waals surface area (Å²) < 4.78 is 5.05. The molecule has 6 heteroatoms. The van der Waals surface area contributed by atoms with Crippen molar-refractivity contribution in [1.82, 2.24) is 0 Å². The summed E-state index contributed by atoms with van der Waals surface area (Å²) in [5, 5.41) is 1.66. The average molecular weight is 313 g/mol. The van der Waals surface area contributed by atoms with Crippen LogP contribution in [0.4, 0.5) is 5.69 Å². The zero-order valence-corrected chi connectivity index (χ0v) is 12.3. The Bertz CT molecular complexity index is 571. The number of hydrogen-bond acceptors (Lipinski definition) is 3. The topological polar surface area (TPSA) is 55.6 Å². The molecule has 2 rings (SSSR count). The van der Waals surface area contributed by atoms with Crippen molar-refractivity contribution < 1.29 is 9.53 Å². The number of hydrogen-bond donors (Lipinski definition) is 1. The average Bonchev–Trinajstić information content (AvgIpc) is 2.46. The molecule has 0 radical (unpaired) electrons. The van der Waals surface area contributed by atoms with Gasteiger partial charge in [0.05, 0.1) is 12.8 Å². The van der Waals surface area contributed by atoms with E-state index in [2.05, 4.69) is 0 Å². The Balaban J connectivity index is 0.00000200. The summed E-state index contributed by atoms with van der Waals surface area (Å²) in [5.74, 6) is 6.21. The molecule has 20 heavy (non-hydrogen) atoms. The lowest BCUT2D eigenvalue weighted by molar-refractivity contribution is 0.0987. The van der Waals surface area contributed by atoms with Crippen molar-refractivity contribution in [1.29, 1.82) is 0 Å². The largest absolute Gasteiger partial charge is 0.497 e. The second-order valence-electron chi connectivity index (χ2n) is 3.88. The Kier molecular flexibility index (Phi) is 5.82. The molecule has 0 heterocycles. The third kappa shape index (κ3) is 3.63. The van der Waals surface area contributed by atoms with Gasteiger partial charge < -0.3 is 4.74 Å². The van der Waals surface area contributed by atoms with Crippen molar-refractivity contribution in [2.24, 2.45) is 5.84 Å². The highest BCUT2D eigenvalue weighted by Gasteiger charge is 2.14. The van der Waals surface area contributed by atoms with Gasteiger partial charge in [-0.15, -0.1) is 12.4 Å². The van der Waals surface area contributed by atoms with Gasteiger partial charge in [-0.1, -0.05) is 11.6 Å². The molecular formula is C14H14Cl2N2O2. The maximum absolute atomic E-state index is 12.1. The number of ether oxygens (including phenoxy) is 1. The fraction of sp³-hybridized carbons (Fsp3) is 0.0714. The summed E-state index contributed by atoms with van der Waals surface area (Å²) in [6.07, 6.45) is 0. The van der Waals surface area contributed by atoms with Gasteiger partial charge in [0.1, 0.15) is 5.75 Å². The minimum absolute atomic E-state index is 0. The molecule has 0 aliphatic carbocycles. The Labute approximate surface area is 128 Å². The van der Waals surface area contributed by atoms with Gasteiger partial charge >= 0.3 is 0 Å². The minimum atomic E-state index is -0.304. The van der Waals surface area contributed by atoms with Gasteiger partial charge in [0.15, 0.2) is 0 Å². The molecule has 2 aromatic carbocycles. The Hall–Kier alpha value is -1.75. The van der Waals surface area contributed by atoms with Crippen molar-refractivity contribution in [3.8, 4) is 5.75 Å². The van der Waals surface area contributed by atoms with Gasteiger partial charge in [-0.2, -0.15) is 0 Å². The number of benzene rings is 2. The van der Waals surface area contributed by atoms with E-state index >= 15 is 0 Å². The SMILES string of the molecule is COc1ccc(N(N)C(=O)c2ccc(Cl)cc2)cc1.Cl.